The summed E-state index contributed by atoms with van der Waals surface area (Å²) in [5.74, 6) is 1.57. The van der Waals surface area contributed by atoms with Crippen molar-refractivity contribution in [3.63, 3.8) is 0 Å². The second-order valence-electron chi connectivity index (χ2n) is 4.82. The lowest BCUT2D eigenvalue weighted by molar-refractivity contribution is 0.276. The van der Waals surface area contributed by atoms with Crippen LogP contribution in [0.1, 0.15) is 25.8 Å². The van der Waals surface area contributed by atoms with Crippen LogP contribution in [0.25, 0.3) is 0 Å². The van der Waals surface area contributed by atoms with Crippen molar-refractivity contribution in [2.45, 2.75) is 26.8 Å². The second-order valence-corrected chi connectivity index (χ2v) is 5.68. The minimum absolute atomic E-state index is 0.169. The first-order chi connectivity index (χ1) is 10.7. The molecule has 0 spiro atoms. The van der Waals surface area contributed by atoms with Gasteiger partial charge in [-0.05, 0) is 31.0 Å². The Labute approximate surface area is 141 Å². The number of hydrogen-bond acceptors (Lipinski definition) is 5. The fourth-order valence-electron chi connectivity index (χ4n) is 1.91. The maximum Gasteiger partial charge on any atom is 0.162 e. The molecule has 0 bridgehead atoms. The number of nitrogens with one attached hydrogen (secondary N) is 2. The molecular weight excluding hydrogens is 348 g/mol. The molecule has 1 rings (SSSR count). The molecule has 0 aliphatic carbocycles. The minimum atomic E-state index is 0.169. The first-order valence-electron chi connectivity index (χ1n) is 7.83. The molecular formula is C16H27BrN2O3. The fourth-order valence-corrected chi connectivity index (χ4v) is 2.37. The van der Waals surface area contributed by atoms with Crippen LogP contribution in [0, 0.1) is 0 Å². The summed E-state index contributed by atoms with van der Waals surface area (Å²) < 4.78 is 12.4. The van der Waals surface area contributed by atoms with Gasteiger partial charge in [0.15, 0.2) is 11.5 Å². The number of hydrogen-bond donors (Lipinski definition) is 3. The van der Waals surface area contributed by atoms with Gasteiger partial charge in [0, 0.05) is 30.7 Å². The standard InChI is InChI=1S/C16H27BrN2O3/c1-3-9-22-16-11-14(17)13(10-15(16)21-4-2)12-19-6-5-18-7-8-20/h10-11,18-20H,3-9,12H2,1-2H3. The number of ether oxygens (including phenoxy) is 2. The third-order valence-corrected chi connectivity index (χ3v) is 3.70. The summed E-state index contributed by atoms with van der Waals surface area (Å²) in [6.45, 7) is 8.55. The first kappa shape index (κ1) is 19.2. The highest BCUT2D eigenvalue weighted by Gasteiger charge is 2.10. The van der Waals surface area contributed by atoms with E-state index >= 15 is 0 Å². The maximum atomic E-state index is 8.69. The monoisotopic (exact) mass is 374 g/mol. The van der Waals surface area contributed by atoms with E-state index in [4.69, 9.17) is 14.6 Å². The Morgan fingerprint density at radius 2 is 1.77 bits per heavy atom. The van der Waals surface area contributed by atoms with Gasteiger partial charge in [-0.3, -0.25) is 0 Å². The summed E-state index contributed by atoms with van der Waals surface area (Å²) >= 11 is 3.59. The Balaban J connectivity index is 2.60. The third-order valence-electron chi connectivity index (χ3n) is 2.96. The van der Waals surface area contributed by atoms with Crippen LogP contribution < -0.4 is 20.1 Å². The second kappa shape index (κ2) is 11.7. The summed E-state index contributed by atoms with van der Waals surface area (Å²) in [5, 5.41) is 15.2. The quantitative estimate of drug-likeness (QED) is 0.490. The first-order valence-corrected chi connectivity index (χ1v) is 8.62. The van der Waals surface area contributed by atoms with E-state index in [1.165, 1.54) is 0 Å². The SMILES string of the molecule is CCCOc1cc(Br)c(CNCCNCCO)cc1OCC. The van der Waals surface area contributed by atoms with Crippen molar-refractivity contribution in [2.24, 2.45) is 0 Å². The van der Waals surface area contributed by atoms with Crippen LogP contribution in [0.3, 0.4) is 0 Å². The van der Waals surface area contributed by atoms with Crippen LogP contribution in [0.2, 0.25) is 0 Å². The number of rotatable bonds is 12. The van der Waals surface area contributed by atoms with Crippen molar-refractivity contribution < 1.29 is 14.6 Å². The van der Waals surface area contributed by atoms with E-state index in [0.29, 0.717) is 19.8 Å². The van der Waals surface area contributed by atoms with E-state index in [1.807, 2.05) is 19.1 Å². The summed E-state index contributed by atoms with van der Waals surface area (Å²) in [6, 6.07) is 3.99. The van der Waals surface area contributed by atoms with Crippen LogP contribution in [0.5, 0.6) is 11.5 Å². The van der Waals surface area contributed by atoms with Crippen LogP contribution in [-0.2, 0) is 6.54 Å². The van der Waals surface area contributed by atoms with Crippen molar-refractivity contribution in [3.8, 4) is 11.5 Å². The van der Waals surface area contributed by atoms with Gasteiger partial charge in [-0.1, -0.05) is 22.9 Å². The lowest BCUT2D eigenvalue weighted by atomic mass is 10.2. The molecule has 0 aromatic heterocycles. The third kappa shape index (κ3) is 6.96. The molecule has 0 heterocycles. The molecule has 22 heavy (non-hydrogen) atoms. The maximum absolute atomic E-state index is 8.69. The lowest BCUT2D eigenvalue weighted by Gasteiger charge is -2.15. The van der Waals surface area contributed by atoms with E-state index in [0.717, 1.165) is 47.6 Å². The summed E-state index contributed by atoms with van der Waals surface area (Å²) in [6.07, 6.45) is 0.966. The fraction of sp³-hybridized carbons (Fsp3) is 0.625. The molecule has 5 nitrogen and oxygen atoms in total. The topological polar surface area (TPSA) is 62.8 Å². The molecule has 3 N–H and O–H groups in total. The lowest BCUT2D eigenvalue weighted by Crippen LogP contribution is -2.28. The molecule has 0 radical (unpaired) electrons. The predicted octanol–water partition coefficient (Wildman–Crippen LogP) is 2.31. The van der Waals surface area contributed by atoms with Gasteiger partial charge in [-0.2, -0.15) is 0 Å². The van der Waals surface area contributed by atoms with Crippen LogP contribution >= 0.6 is 15.9 Å². The molecule has 0 saturated carbocycles. The smallest absolute Gasteiger partial charge is 0.162 e. The van der Waals surface area contributed by atoms with Crippen molar-refractivity contribution >= 4 is 15.9 Å². The zero-order valence-corrected chi connectivity index (χ0v) is 15.0. The van der Waals surface area contributed by atoms with Gasteiger partial charge in [0.1, 0.15) is 0 Å². The van der Waals surface area contributed by atoms with Gasteiger partial charge in [0.25, 0.3) is 0 Å². The van der Waals surface area contributed by atoms with Crippen molar-refractivity contribution in [3.05, 3.63) is 22.2 Å². The molecule has 0 fully saturated rings. The highest BCUT2D eigenvalue weighted by molar-refractivity contribution is 9.10. The number of aliphatic hydroxyl groups excluding tert-OH is 1. The van der Waals surface area contributed by atoms with Crippen molar-refractivity contribution in [2.75, 3.05) is 39.5 Å². The van der Waals surface area contributed by atoms with E-state index in [1.54, 1.807) is 0 Å². The van der Waals surface area contributed by atoms with E-state index in [2.05, 4.69) is 33.5 Å². The molecule has 0 unspecified atom stereocenters. The molecule has 0 saturated heterocycles. The highest BCUT2D eigenvalue weighted by Crippen LogP contribution is 2.34. The molecule has 1 aromatic rings. The molecule has 0 atom stereocenters. The van der Waals surface area contributed by atoms with Gasteiger partial charge >= 0.3 is 0 Å². The highest BCUT2D eigenvalue weighted by atomic mass is 79.9. The Morgan fingerprint density at radius 1 is 1.05 bits per heavy atom. The molecule has 0 aliphatic heterocycles. The number of benzene rings is 1. The summed E-state index contributed by atoms with van der Waals surface area (Å²) in [5.41, 5.74) is 1.13. The normalized spacial score (nSPS) is 10.7. The van der Waals surface area contributed by atoms with E-state index < -0.39 is 0 Å². The largest absolute Gasteiger partial charge is 0.490 e. The average molecular weight is 375 g/mol. The van der Waals surface area contributed by atoms with Crippen LogP contribution in [0.15, 0.2) is 16.6 Å². The van der Waals surface area contributed by atoms with Gasteiger partial charge in [0.2, 0.25) is 0 Å². The minimum Gasteiger partial charge on any atom is -0.490 e. The molecule has 126 valence electrons. The summed E-state index contributed by atoms with van der Waals surface area (Å²) in [4.78, 5) is 0. The van der Waals surface area contributed by atoms with Crippen molar-refractivity contribution in [1.82, 2.24) is 10.6 Å². The number of halogens is 1. The molecule has 0 amide bonds. The Kier molecular flexibility index (Phi) is 10.2. The number of aliphatic hydroxyl groups is 1. The van der Waals surface area contributed by atoms with Gasteiger partial charge in [-0.25, -0.2) is 0 Å². The molecule has 1 aromatic carbocycles. The predicted molar refractivity (Wildman–Crippen MR) is 92.8 cm³/mol. The van der Waals surface area contributed by atoms with E-state index in [-0.39, 0.29) is 6.61 Å². The Bertz CT molecular complexity index is 430. The Morgan fingerprint density at radius 3 is 2.45 bits per heavy atom. The van der Waals surface area contributed by atoms with Gasteiger partial charge < -0.3 is 25.2 Å². The molecule has 0 aliphatic rings. The van der Waals surface area contributed by atoms with Crippen LogP contribution in [0.4, 0.5) is 0 Å². The molecule has 6 heteroatoms. The van der Waals surface area contributed by atoms with E-state index in [9.17, 15) is 0 Å². The zero-order chi connectivity index (χ0) is 16.2. The zero-order valence-electron chi connectivity index (χ0n) is 13.5. The van der Waals surface area contributed by atoms with Crippen molar-refractivity contribution in [1.29, 1.82) is 0 Å². The average Bonchev–Trinajstić information content (AvgIpc) is 2.52. The van der Waals surface area contributed by atoms with Gasteiger partial charge in [0.05, 0.1) is 19.8 Å². The Hall–Kier alpha value is -0.820. The van der Waals surface area contributed by atoms with Crippen LogP contribution in [-0.4, -0.2) is 44.6 Å². The summed E-state index contributed by atoms with van der Waals surface area (Å²) in [7, 11) is 0. The van der Waals surface area contributed by atoms with Gasteiger partial charge in [-0.15, -0.1) is 0 Å².